The molecule has 0 fully saturated rings. The second-order valence-corrected chi connectivity index (χ2v) is 6.34. The number of aryl methyl sites for hydroxylation is 1. The number of nitrogens with zero attached hydrogens (tertiary/aromatic N) is 1. The molecule has 0 heterocycles. The predicted molar refractivity (Wildman–Crippen MR) is 94.3 cm³/mol. The van der Waals surface area contributed by atoms with Gasteiger partial charge >= 0.3 is 0 Å². The van der Waals surface area contributed by atoms with Gasteiger partial charge in [-0.1, -0.05) is 34.1 Å². The van der Waals surface area contributed by atoms with Gasteiger partial charge in [0.2, 0.25) is 0 Å². The van der Waals surface area contributed by atoms with E-state index in [9.17, 15) is 4.79 Å². The van der Waals surface area contributed by atoms with E-state index in [-0.39, 0.29) is 12.5 Å². The van der Waals surface area contributed by atoms with Crippen LogP contribution in [-0.4, -0.2) is 18.7 Å². The molecular formula is C16H14Br2N2O2. The Kier molecular flexibility index (Phi) is 6.15. The molecule has 0 unspecified atom stereocenters. The second kappa shape index (κ2) is 8.10. The van der Waals surface area contributed by atoms with Crippen molar-refractivity contribution in [2.75, 3.05) is 6.61 Å². The van der Waals surface area contributed by atoms with Crippen molar-refractivity contribution in [2.45, 2.75) is 6.92 Å². The summed E-state index contributed by atoms with van der Waals surface area (Å²) in [5.74, 6) is 0.304. The standard InChI is InChI=1S/C16H14Br2N2O2/c1-11-2-7-15(14(18)8-11)22-10-16(21)20-19-9-12-3-5-13(17)6-4-12/h2-9H,10H2,1H3,(H,20,21)/b19-9+. The van der Waals surface area contributed by atoms with Crippen LogP contribution in [0.1, 0.15) is 11.1 Å². The van der Waals surface area contributed by atoms with Crippen LogP contribution in [0.15, 0.2) is 56.5 Å². The summed E-state index contributed by atoms with van der Waals surface area (Å²) >= 11 is 6.75. The predicted octanol–water partition coefficient (Wildman–Crippen LogP) is 4.05. The summed E-state index contributed by atoms with van der Waals surface area (Å²) in [7, 11) is 0. The monoisotopic (exact) mass is 424 g/mol. The van der Waals surface area contributed by atoms with Crippen molar-refractivity contribution in [3.63, 3.8) is 0 Å². The summed E-state index contributed by atoms with van der Waals surface area (Å²) < 4.78 is 7.24. The smallest absolute Gasteiger partial charge is 0.277 e. The topological polar surface area (TPSA) is 50.7 Å². The largest absolute Gasteiger partial charge is 0.483 e. The molecule has 0 bridgehead atoms. The molecule has 0 spiro atoms. The van der Waals surface area contributed by atoms with Crippen molar-refractivity contribution in [1.82, 2.24) is 5.43 Å². The number of benzene rings is 2. The Morgan fingerprint density at radius 3 is 2.64 bits per heavy atom. The zero-order valence-electron chi connectivity index (χ0n) is 11.8. The molecule has 1 amide bonds. The molecule has 0 atom stereocenters. The minimum absolute atomic E-state index is 0.0979. The fourth-order valence-corrected chi connectivity index (χ4v) is 2.50. The number of hydrogen-bond donors (Lipinski definition) is 1. The normalized spacial score (nSPS) is 10.7. The van der Waals surface area contributed by atoms with Gasteiger partial charge in [-0.25, -0.2) is 5.43 Å². The minimum Gasteiger partial charge on any atom is -0.483 e. The van der Waals surface area contributed by atoms with Gasteiger partial charge in [-0.15, -0.1) is 0 Å². The molecule has 0 aliphatic carbocycles. The third-order valence-electron chi connectivity index (χ3n) is 2.72. The number of hydrazone groups is 1. The summed E-state index contributed by atoms with van der Waals surface area (Å²) in [5, 5.41) is 3.89. The fraction of sp³-hybridized carbons (Fsp3) is 0.125. The van der Waals surface area contributed by atoms with E-state index in [0.29, 0.717) is 5.75 Å². The van der Waals surface area contributed by atoms with E-state index in [4.69, 9.17) is 4.74 Å². The van der Waals surface area contributed by atoms with Crippen LogP contribution in [0.3, 0.4) is 0 Å². The molecule has 2 aromatic carbocycles. The van der Waals surface area contributed by atoms with Gasteiger partial charge in [0.15, 0.2) is 6.61 Å². The van der Waals surface area contributed by atoms with Crippen LogP contribution in [0.25, 0.3) is 0 Å². The average molecular weight is 426 g/mol. The third kappa shape index (κ3) is 5.27. The van der Waals surface area contributed by atoms with E-state index in [1.165, 1.54) is 0 Å². The van der Waals surface area contributed by atoms with E-state index in [0.717, 1.165) is 20.1 Å². The van der Waals surface area contributed by atoms with Crippen LogP contribution in [0.5, 0.6) is 5.75 Å². The molecule has 0 saturated heterocycles. The van der Waals surface area contributed by atoms with E-state index in [1.54, 1.807) is 6.21 Å². The molecule has 0 aromatic heterocycles. The number of halogens is 2. The summed E-state index contributed by atoms with van der Waals surface area (Å²) in [5.41, 5.74) is 4.43. The Morgan fingerprint density at radius 2 is 1.95 bits per heavy atom. The zero-order chi connectivity index (χ0) is 15.9. The van der Waals surface area contributed by atoms with Crippen molar-refractivity contribution in [1.29, 1.82) is 0 Å². The van der Waals surface area contributed by atoms with Crippen molar-refractivity contribution in [3.8, 4) is 5.75 Å². The molecule has 0 saturated carbocycles. The van der Waals surface area contributed by atoms with Gasteiger partial charge in [0.25, 0.3) is 5.91 Å². The molecule has 2 rings (SSSR count). The molecule has 114 valence electrons. The van der Waals surface area contributed by atoms with E-state index >= 15 is 0 Å². The van der Waals surface area contributed by atoms with Crippen molar-refractivity contribution >= 4 is 44.0 Å². The Hall–Kier alpha value is -1.66. The van der Waals surface area contributed by atoms with Crippen LogP contribution in [0.4, 0.5) is 0 Å². The van der Waals surface area contributed by atoms with Crippen molar-refractivity contribution in [3.05, 3.63) is 62.5 Å². The number of hydrogen-bond acceptors (Lipinski definition) is 3. The average Bonchev–Trinajstić information content (AvgIpc) is 2.48. The van der Waals surface area contributed by atoms with Gasteiger partial charge in [0, 0.05) is 4.47 Å². The molecule has 0 radical (unpaired) electrons. The fourth-order valence-electron chi connectivity index (χ4n) is 1.63. The zero-order valence-corrected chi connectivity index (χ0v) is 15.0. The molecule has 22 heavy (non-hydrogen) atoms. The summed E-state index contributed by atoms with van der Waals surface area (Å²) in [6.45, 7) is 1.89. The van der Waals surface area contributed by atoms with E-state index in [1.807, 2.05) is 49.4 Å². The number of carbonyl (C=O) groups excluding carboxylic acids is 1. The van der Waals surface area contributed by atoms with Crippen molar-refractivity contribution < 1.29 is 9.53 Å². The third-order valence-corrected chi connectivity index (χ3v) is 3.87. The highest BCUT2D eigenvalue weighted by molar-refractivity contribution is 9.10. The molecule has 1 N–H and O–H groups in total. The lowest BCUT2D eigenvalue weighted by atomic mass is 10.2. The lowest BCUT2D eigenvalue weighted by Crippen LogP contribution is -2.24. The molecule has 0 aliphatic rings. The highest BCUT2D eigenvalue weighted by atomic mass is 79.9. The number of amides is 1. The quantitative estimate of drug-likeness (QED) is 0.580. The first-order chi connectivity index (χ1) is 10.5. The Labute approximate surface area is 145 Å². The Bertz CT molecular complexity index is 685. The maximum absolute atomic E-state index is 11.7. The minimum atomic E-state index is -0.319. The lowest BCUT2D eigenvalue weighted by molar-refractivity contribution is -0.123. The summed E-state index contributed by atoms with van der Waals surface area (Å²) in [6, 6.07) is 13.3. The maximum Gasteiger partial charge on any atom is 0.277 e. The lowest BCUT2D eigenvalue weighted by Gasteiger charge is -2.07. The molecule has 2 aromatic rings. The van der Waals surface area contributed by atoms with Crippen LogP contribution < -0.4 is 10.2 Å². The van der Waals surface area contributed by atoms with Gasteiger partial charge < -0.3 is 4.74 Å². The molecule has 4 nitrogen and oxygen atoms in total. The number of rotatable bonds is 5. The Balaban J connectivity index is 1.81. The maximum atomic E-state index is 11.7. The molecule has 6 heteroatoms. The second-order valence-electron chi connectivity index (χ2n) is 4.57. The SMILES string of the molecule is Cc1ccc(OCC(=O)N/N=C/c2ccc(Br)cc2)c(Br)c1. The number of carbonyl (C=O) groups is 1. The van der Waals surface area contributed by atoms with Gasteiger partial charge in [-0.3, -0.25) is 4.79 Å². The highest BCUT2D eigenvalue weighted by Crippen LogP contribution is 2.25. The van der Waals surface area contributed by atoms with Crippen LogP contribution in [0.2, 0.25) is 0 Å². The van der Waals surface area contributed by atoms with Crippen LogP contribution >= 0.6 is 31.9 Å². The molecule has 0 aliphatic heterocycles. The van der Waals surface area contributed by atoms with Crippen molar-refractivity contribution in [2.24, 2.45) is 5.10 Å². The first-order valence-electron chi connectivity index (χ1n) is 6.51. The highest BCUT2D eigenvalue weighted by Gasteiger charge is 2.04. The molecular weight excluding hydrogens is 412 g/mol. The van der Waals surface area contributed by atoms with Gasteiger partial charge in [0.1, 0.15) is 5.75 Å². The number of nitrogens with one attached hydrogen (secondary N) is 1. The van der Waals surface area contributed by atoms with E-state index < -0.39 is 0 Å². The van der Waals surface area contributed by atoms with Gasteiger partial charge in [0.05, 0.1) is 10.7 Å². The van der Waals surface area contributed by atoms with Gasteiger partial charge in [-0.2, -0.15) is 5.10 Å². The van der Waals surface area contributed by atoms with E-state index in [2.05, 4.69) is 42.4 Å². The van der Waals surface area contributed by atoms with Gasteiger partial charge in [-0.05, 0) is 58.2 Å². The van der Waals surface area contributed by atoms with Crippen LogP contribution in [-0.2, 0) is 4.79 Å². The number of ether oxygens (including phenoxy) is 1. The first kappa shape index (κ1) is 16.7. The summed E-state index contributed by atoms with van der Waals surface area (Å²) in [4.78, 5) is 11.7. The van der Waals surface area contributed by atoms with Crippen LogP contribution in [0, 0.1) is 6.92 Å². The first-order valence-corrected chi connectivity index (χ1v) is 8.09. The Morgan fingerprint density at radius 1 is 1.23 bits per heavy atom. The summed E-state index contributed by atoms with van der Waals surface area (Å²) in [6.07, 6.45) is 1.58.